The first-order chi connectivity index (χ1) is 7.40. The van der Waals surface area contributed by atoms with E-state index in [2.05, 4.69) is 31.1 Å². The highest BCUT2D eigenvalue weighted by Gasteiger charge is 2.12. The maximum Gasteiger partial charge on any atom is 0.167 e. The molecule has 1 rings (SSSR count). The molecule has 88 valence electrons. The van der Waals surface area contributed by atoms with Crippen LogP contribution in [0.2, 0.25) is 0 Å². The van der Waals surface area contributed by atoms with Gasteiger partial charge in [-0.3, -0.25) is 4.79 Å². The van der Waals surface area contributed by atoms with Gasteiger partial charge in [0, 0.05) is 24.7 Å². The van der Waals surface area contributed by atoms with Gasteiger partial charge >= 0.3 is 0 Å². The van der Waals surface area contributed by atoms with Gasteiger partial charge in [-0.2, -0.15) is 0 Å². The lowest BCUT2D eigenvalue weighted by Gasteiger charge is -2.20. The second kappa shape index (κ2) is 5.07. The van der Waals surface area contributed by atoms with Gasteiger partial charge in [-0.15, -0.1) is 0 Å². The Morgan fingerprint density at radius 2 is 2.19 bits per heavy atom. The number of carbonyl (C=O) groups is 1. The number of hydrogen-bond acceptors (Lipinski definition) is 4. The number of anilines is 1. The fourth-order valence-corrected chi connectivity index (χ4v) is 1.34. The number of nitrogens with zero attached hydrogens (tertiary/aromatic N) is 1. The van der Waals surface area contributed by atoms with Crippen LogP contribution in [0.25, 0.3) is 0 Å². The fourth-order valence-electron chi connectivity index (χ4n) is 1.34. The Morgan fingerprint density at radius 1 is 1.50 bits per heavy atom. The lowest BCUT2D eigenvalue weighted by Crippen LogP contribution is -2.37. The van der Waals surface area contributed by atoms with Gasteiger partial charge < -0.3 is 11.1 Å². The zero-order valence-corrected chi connectivity index (χ0v) is 10.1. The first-order valence-electron chi connectivity index (χ1n) is 5.39. The van der Waals surface area contributed by atoms with E-state index in [0.717, 1.165) is 0 Å². The van der Waals surface area contributed by atoms with Crippen molar-refractivity contribution in [3.8, 4) is 0 Å². The average molecular weight is 221 g/mol. The van der Waals surface area contributed by atoms with E-state index in [1.54, 1.807) is 18.3 Å². The van der Waals surface area contributed by atoms with Gasteiger partial charge in [-0.1, -0.05) is 0 Å². The summed E-state index contributed by atoms with van der Waals surface area (Å²) < 4.78 is 0. The molecule has 16 heavy (non-hydrogen) atoms. The number of nitrogens with one attached hydrogen (secondary N) is 1. The monoisotopic (exact) mass is 221 g/mol. The third-order valence-corrected chi connectivity index (χ3v) is 2.15. The van der Waals surface area contributed by atoms with Gasteiger partial charge in [0.15, 0.2) is 5.78 Å². The molecule has 0 saturated heterocycles. The average Bonchev–Trinajstić information content (AvgIpc) is 2.16. The lowest BCUT2D eigenvalue weighted by molar-refractivity contribution is 0.0981. The van der Waals surface area contributed by atoms with Crippen LogP contribution in [0.3, 0.4) is 0 Å². The molecule has 0 unspecified atom stereocenters. The first kappa shape index (κ1) is 12.6. The molecule has 1 heterocycles. The van der Waals surface area contributed by atoms with E-state index in [0.29, 0.717) is 24.3 Å². The van der Waals surface area contributed by atoms with Crippen molar-refractivity contribution in [1.29, 1.82) is 0 Å². The van der Waals surface area contributed by atoms with Crippen molar-refractivity contribution in [1.82, 2.24) is 10.3 Å². The maximum atomic E-state index is 11.8. The number of nitrogen functional groups attached to an aromatic ring is 1. The number of nitrogens with two attached hydrogens (primary N) is 1. The molecule has 0 bridgehead atoms. The van der Waals surface area contributed by atoms with Crippen molar-refractivity contribution in [2.45, 2.75) is 32.7 Å². The Kier molecular flexibility index (Phi) is 4.01. The fraction of sp³-hybridized carbons (Fsp3) is 0.500. The van der Waals surface area contributed by atoms with Crippen LogP contribution in [-0.2, 0) is 0 Å². The third-order valence-electron chi connectivity index (χ3n) is 2.15. The normalized spacial score (nSPS) is 11.4. The van der Waals surface area contributed by atoms with Crippen LogP contribution in [0, 0.1) is 0 Å². The second-order valence-electron chi connectivity index (χ2n) is 4.79. The standard InChI is InChI=1S/C12H19N3O/c1-12(2,3)15-8-6-10(16)9-5-4-7-14-11(9)13/h4-5,7,15H,6,8H2,1-3H3,(H2,13,14). The number of Topliss-reactive ketones (excluding diaryl/α,β-unsaturated/α-hetero) is 1. The summed E-state index contributed by atoms with van der Waals surface area (Å²) in [5, 5.41) is 3.26. The van der Waals surface area contributed by atoms with Crippen LogP contribution in [0.5, 0.6) is 0 Å². The number of hydrogen-bond donors (Lipinski definition) is 2. The highest BCUT2D eigenvalue weighted by molar-refractivity contribution is 5.99. The molecule has 0 saturated carbocycles. The SMILES string of the molecule is CC(C)(C)NCCC(=O)c1cccnc1N. The van der Waals surface area contributed by atoms with Gasteiger partial charge in [0.2, 0.25) is 0 Å². The van der Waals surface area contributed by atoms with E-state index in [9.17, 15) is 4.79 Å². The van der Waals surface area contributed by atoms with Crippen LogP contribution in [-0.4, -0.2) is 22.9 Å². The second-order valence-corrected chi connectivity index (χ2v) is 4.79. The summed E-state index contributed by atoms with van der Waals surface area (Å²) in [5.74, 6) is 0.339. The van der Waals surface area contributed by atoms with Crippen LogP contribution >= 0.6 is 0 Å². The quantitative estimate of drug-likeness (QED) is 0.758. The van der Waals surface area contributed by atoms with Crippen molar-refractivity contribution in [3.05, 3.63) is 23.9 Å². The molecule has 0 atom stereocenters. The van der Waals surface area contributed by atoms with Crippen molar-refractivity contribution < 1.29 is 4.79 Å². The molecule has 1 aromatic heterocycles. The molecule has 1 aromatic rings. The van der Waals surface area contributed by atoms with Crippen molar-refractivity contribution >= 4 is 11.6 Å². The summed E-state index contributed by atoms with van der Waals surface area (Å²) in [6.45, 7) is 6.85. The number of ketones is 1. The molecular formula is C12H19N3O. The van der Waals surface area contributed by atoms with Crippen molar-refractivity contribution in [2.75, 3.05) is 12.3 Å². The van der Waals surface area contributed by atoms with Crippen LogP contribution in [0.1, 0.15) is 37.6 Å². The Hall–Kier alpha value is -1.42. The Morgan fingerprint density at radius 3 is 2.75 bits per heavy atom. The van der Waals surface area contributed by atoms with Crippen LogP contribution in [0.15, 0.2) is 18.3 Å². The smallest absolute Gasteiger partial charge is 0.167 e. The predicted molar refractivity (Wildman–Crippen MR) is 65.4 cm³/mol. The maximum absolute atomic E-state index is 11.8. The van der Waals surface area contributed by atoms with Crippen LogP contribution in [0.4, 0.5) is 5.82 Å². The van der Waals surface area contributed by atoms with Gasteiger partial charge in [-0.05, 0) is 32.9 Å². The molecule has 4 nitrogen and oxygen atoms in total. The molecular weight excluding hydrogens is 202 g/mol. The molecule has 0 amide bonds. The highest BCUT2D eigenvalue weighted by Crippen LogP contribution is 2.09. The minimum absolute atomic E-state index is 0.0285. The number of rotatable bonds is 4. The molecule has 0 aliphatic carbocycles. The lowest BCUT2D eigenvalue weighted by atomic mass is 10.1. The molecule has 0 spiro atoms. The van der Waals surface area contributed by atoms with Crippen LogP contribution < -0.4 is 11.1 Å². The van der Waals surface area contributed by atoms with E-state index in [-0.39, 0.29) is 11.3 Å². The van der Waals surface area contributed by atoms with E-state index >= 15 is 0 Å². The molecule has 4 heteroatoms. The van der Waals surface area contributed by atoms with E-state index < -0.39 is 0 Å². The van der Waals surface area contributed by atoms with E-state index in [1.807, 2.05) is 0 Å². The molecule has 3 N–H and O–H groups in total. The molecule has 0 aliphatic heterocycles. The van der Waals surface area contributed by atoms with E-state index in [1.165, 1.54) is 0 Å². The number of carbonyl (C=O) groups excluding carboxylic acids is 1. The molecule has 0 aromatic carbocycles. The highest BCUT2D eigenvalue weighted by atomic mass is 16.1. The summed E-state index contributed by atoms with van der Waals surface area (Å²) in [6, 6.07) is 3.43. The largest absolute Gasteiger partial charge is 0.383 e. The van der Waals surface area contributed by atoms with Crippen molar-refractivity contribution in [3.63, 3.8) is 0 Å². The topological polar surface area (TPSA) is 68.0 Å². The zero-order chi connectivity index (χ0) is 12.2. The molecule has 0 radical (unpaired) electrons. The summed E-state index contributed by atoms with van der Waals surface area (Å²) in [6.07, 6.45) is 2.02. The molecule has 0 aliphatic rings. The van der Waals surface area contributed by atoms with Gasteiger partial charge in [0.25, 0.3) is 0 Å². The molecule has 0 fully saturated rings. The predicted octanol–water partition coefficient (Wildman–Crippen LogP) is 1.62. The minimum atomic E-state index is 0.0285. The summed E-state index contributed by atoms with van der Waals surface area (Å²) >= 11 is 0. The Labute approximate surface area is 96.3 Å². The number of pyridine rings is 1. The van der Waals surface area contributed by atoms with Crippen molar-refractivity contribution in [2.24, 2.45) is 0 Å². The third kappa shape index (κ3) is 3.98. The van der Waals surface area contributed by atoms with Gasteiger partial charge in [0.05, 0.1) is 5.56 Å². The van der Waals surface area contributed by atoms with E-state index in [4.69, 9.17) is 5.73 Å². The van der Waals surface area contributed by atoms with Gasteiger partial charge in [0.1, 0.15) is 5.82 Å². The Bertz CT molecular complexity index is 369. The summed E-state index contributed by atoms with van der Waals surface area (Å²) in [7, 11) is 0. The van der Waals surface area contributed by atoms with Gasteiger partial charge in [-0.25, -0.2) is 4.98 Å². The number of aromatic nitrogens is 1. The minimum Gasteiger partial charge on any atom is -0.383 e. The zero-order valence-electron chi connectivity index (χ0n) is 10.1. The first-order valence-corrected chi connectivity index (χ1v) is 5.39. The Balaban J connectivity index is 2.51. The summed E-state index contributed by atoms with van der Waals surface area (Å²) in [4.78, 5) is 15.7. The summed E-state index contributed by atoms with van der Waals surface area (Å²) in [5.41, 5.74) is 6.17.